The summed E-state index contributed by atoms with van der Waals surface area (Å²) in [6.45, 7) is 5.98. The number of hydrogen-bond donors (Lipinski definition) is 1. The lowest BCUT2D eigenvalue weighted by atomic mass is 10.0. The number of carbonyl (C=O) groups is 1. The molecular formula is C20H22FN3O2S. The zero-order valence-electron chi connectivity index (χ0n) is 15.5. The van der Waals surface area contributed by atoms with Crippen molar-refractivity contribution in [2.75, 3.05) is 0 Å². The van der Waals surface area contributed by atoms with Crippen molar-refractivity contribution in [3.05, 3.63) is 58.1 Å². The minimum atomic E-state index is -0.359. The van der Waals surface area contributed by atoms with E-state index in [4.69, 9.17) is 4.42 Å². The molecule has 1 N–H and O–H groups in total. The van der Waals surface area contributed by atoms with Crippen LogP contribution in [-0.2, 0) is 11.2 Å². The molecule has 0 aliphatic heterocycles. The summed E-state index contributed by atoms with van der Waals surface area (Å²) in [5.74, 6) is 0.792. The Balaban J connectivity index is 1.72. The molecule has 0 fully saturated rings. The van der Waals surface area contributed by atoms with Crippen molar-refractivity contribution in [2.24, 2.45) is 5.92 Å². The molecular weight excluding hydrogens is 365 g/mol. The molecule has 1 atom stereocenters. The van der Waals surface area contributed by atoms with E-state index in [2.05, 4.69) is 29.1 Å². The third-order valence-corrected chi connectivity index (χ3v) is 4.97. The SMILES string of the molecule is Cc1oc(-c2cccc(F)c2)nc1CC(=O)NC(CC(C)C)c1nccs1. The van der Waals surface area contributed by atoms with Gasteiger partial charge in [-0.2, -0.15) is 0 Å². The first-order valence-electron chi connectivity index (χ1n) is 8.83. The maximum atomic E-state index is 13.4. The minimum absolute atomic E-state index is 0.102. The molecule has 1 amide bonds. The number of aromatic nitrogens is 2. The zero-order valence-corrected chi connectivity index (χ0v) is 16.3. The van der Waals surface area contributed by atoms with Crippen LogP contribution in [0.3, 0.4) is 0 Å². The van der Waals surface area contributed by atoms with E-state index in [0.717, 1.165) is 11.4 Å². The van der Waals surface area contributed by atoms with Gasteiger partial charge in [0, 0.05) is 17.1 Å². The Labute approximate surface area is 161 Å². The number of hydrogen-bond acceptors (Lipinski definition) is 5. The Hall–Kier alpha value is -2.54. The number of thiazole rings is 1. The monoisotopic (exact) mass is 387 g/mol. The summed E-state index contributed by atoms with van der Waals surface area (Å²) in [5, 5.41) is 5.85. The van der Waals surface area contributed by atoms with Crippen molar-refractivity contribution < 1.29 is 13.6 Å². The first kappa shape index (κ1) is 19.2. The molecule has 1 aromatic carbocycles. The van der Waals surface area contributed by atoms with Gasteiger partial charge in [0.1, 0.15) is 16.6 Å². The molecule has 142 valence electrons. The summed E-state index contributed by atoms with van der Waals surface area (Å²) in [4.78, 5) is 21.3. The summed E-state index contributed by atoms with van der Waals surface area (Å²) < 4.78 is 19.0. The van der Waals surface area contributed by atoms with Gasteiger partial charge < -0.3 is 9.73 Å². The van der Waals surface area contributed by atoms with Crippen molar-refractivity contribution in [3.63, 3.8) is 0 Å². The molecule has 0 saturated carbocycles. The molecule has 27 heavy (non-hydrogen) atoms. The smallest absolute Gasteiger partial charge is 0.226 e. The number of nitrogens with zero attached hydrogens (tertiary/aromatic N) is 2. The zero-order chi connectivity index (χ0) is 19.4. The second kappa shape index (κ2) is 8.43. The van der Waals surface area contributed by atoms with Gasteiger partial charge in [0.15, 0.2) is 0 Å². The average Bonchev–Trinajstić information content (AvgIpc) is 3.24. The Morgan fingerprint density at radius 2 is 2.19 bits per heavy atom. The first-order valence-corrected chi connectivity index (χ1v) is 9.71. The molecule has 2 heterocycles. The molecule has 2 aromatic heterocycles. The van der Waals surface area contributed by atoms with Gasteiger partial charge >= 0.3 is 0 Å². The maximum absolute atomic E-state index is 13.4. The van der Waals surface area contributed by atoms with Crippen molar-refractivity contribution >= 4 is 17.2 Å². The molecule has 3 aromatic rings. The van der Waals surface area contributed by atoms with E-state index in [1.807, 2.05) is 5.38 Å². The van der Waals surface area contributed by atoms with Crippen molar-refractivity contribution in [1.82, 2.24) is 15.3 Å². The highest BCUT2D eigenvalue weighted by atomic mass is 32.1. The predicted octanol–water partition coefficient (Wildman–Crippen LogP) is 4.69. The molecule has 1 unspecified atom stereocenters. The highest BCUT2D eigenvalue weighted by molar-refractivity contribution is 7.09. The van der Waals surface area contributed by atoms with Gasteiger partial charge in [-0.25, -0.2) is 14.4 Å². The lowest BCUT2D eigenvalue weighted by Crippen LogP contribution is -2.31. The molecule has 7 heteroatoms. The highest BCUT2D eigenvalue weighted by Crippen LogP contribution is 2.25. The number of amides is 1. The van der Waals surface area contributed by atoms with Crippen LogP contribution in [0.4, 0.5) is 4.39 Å². The van der Waals surface area contributed by atoms with Gasteiger partial charge in [0.05, 0.1) is 18.2 Å². The van der Waals surface area contributed by atoms with Crippen LogP contribution in [0.1, 0.15) is 42.8 Å². The van der Waals surface area contributed by atoms with Crippen molar-refractivity contribution in [3.8, 4) is 11.5 Å². The topological polar surface area (TPSA) is 68.0 Å². The minimum Gasteiger partial charge on any atom is -0.441 e. The predicted molar refractivity (Wildman–Crippen MR) is 103 cm³/mol. The number of nitrogens with one attached hydrogen (secondary N) is 1. The van der Waals surface area contributed by atoms with Crippen molar-refractivity contribution in [2.45, 2.75) is 39.7 Å². The van der Waals surface area contributed by atoms with Crippen LogP contribution < -0.4 is 5.32 Å². The Bertz CT molecular complexity index is 906. The third kappa shape index (κ3) is 5.01. The van der Waals surface area contributed by atoms with Gasteiger partial charge in [-0.05, 0) is 37.5 Å². The van der Waals surface area contributed by atoms with E-state index in [1.54, 1.807) is 25.3 Å². The quantitative estimate of drug-likeness (QED) is 0.638. The van der Waals surface area contributed by atoms with Crippen LogP contribution in [0.5, 0.6) is 0 Å². The fraction of sp³-hybridized carbons (Fsp3) is 0.350. The Morgan fingerprint density at radius 3 is 2.85 bits per heavy atom. The first-order chi connectivity index (χ1) is 12.9. The fourth-order valence-electron chi connectivity index (χ4n) is 2.83. The van der Waals surface area contributed by atoms with E-state index >= 15 is 0 Å². The highest BCUT2D eigenvalue weighted by Gasteiger charge is 2.21. The lowest BCUT2D eigenvalue weighted by molar-refractivity contribution is -0.121. The number of aryl methyl sites for hydroxylation is 1. The van der Waals surface area contributed by atoms with Gasteiger partial charge in [-0.15, -0.1) is 11.3 Å². The average molecular weight is 387 g/mol. The summed E-state index contributed by atoms with van der Waals surface area (Å²) in [5.41, 5.74) is 1.10. The van der Waals surface area contributed by atoms with E-state index in [-0.39, 0.29) is 24.2 Å². The largest absolute Gasteiger partial charge is 0.441 e. The maximum Gasteiger partial charge on any atom is 0.226 e. The third-order valence-electron chi connectivity index (χ3n) is 4.08. The van der Waals surface area contributed by atoms with Crippen LogP contribution in [0.15, 0.2) is 40.3 Å². The molecule has 0 spiro atoms. The van der Waals surface area contributed by atoms with E-state index < -0.39 is 0 Å². The molecule has 3 rings (SSSR count). The van der Waals surface area contributed by atoms with Crippen LogP contribution >= 0.6 is 11.3 Å². The molecule has 0 aliphatic rings. The van der Waals surface area contributed by atoms with Crippen LogP contribution in [0.25, 0.3) is 11.5 Å². The van der Waals surface area contributed by atoms with Crippen LogP contribution in [0.2, 0.25) is 0 Å². The molecule has 5 nitrogen and oxygen atoms in total. The van der Waals surface area contributed by atoms with Gasteiger partial charge in [0.2, 0.25) is 11.8 Å². The second-order valence-electron chi connectivity index (χ2n) is 6.83. The summed E-state index contributed by atoms with van der Waals surface area (Å²) >= 11 is 1.53. The fourth-order valence-corrected chi connectivity index (χ4v) is 3.54. The summed E-state index contributed by atoms with van der Waals surface area (Å²) in [6.07, 6.45) is 2.66. The standard InChI is InChI=1S/C20H22FN3O2S/c1-12(2)9-17(20-22-7-8-27-20)23-18(25)11-16-13(3)26-19(24-16)14-5-4-6-15(21)10-14/h4-8,10,12,17H,9,11H2,1-3H3,(H,23,25). The lowest BCUT2D eigenvalue weighted by Gasteiger charge is -2.18. The van der Waals surface area contributed by atoms with Crippen LogP contribution in [-0.4, -0.2) is 15.9 Å². The molecule has 0 bridgehead atoms. The van der Waals surface area contributed by atoms with Gasteiger partial charge in [-0.3, -0.25) is 4.79 Å². The normalized spacial score (nSPS) is 12.3. The molecule has 0 radical (unpaired) electrons. The molecule has 0 saturated heterocycles. The number of rotatable bonds is 7. The Kier molecular flexibility index (Phi) is 6.01. The van der Waals surface area contributed by atoms with E-state index in [0.29, 0.717) is 28.8 Å². The van der Waals surface area contributed by atoms with Crippen LogP contribution in [0, 0.1) is 18.7 Å². The number of oxazole rings is 1. The van der Waals surface area contributed by atoms with E-state index in [1.165, 1.54) is 23.5 Å². The number of benzene rings is 1. The molecule has 0 aliphatic carbocycles. The summed E-state index contributed by atoms with van der Waals surface area (Å²) in [7, 11) is 0. The summed E-state index contributed by atoms with van der Waals surface area (Å²) in [6, 6.07) is 5.92. The van der Waals surface area contributed by atoms with E-state index in [9.17, 15) is 9.18 Å². The van der Waals surface area contributed by atoms with Gasteiger partial charge in [0.25, 0.3) is 0 Å². The second-order valence-corrected chi connectivity index (χ2v) is 7.76. The number of halogens is 1. The Morgan fingerprint density at radius 1 is 1.37 bits per heavy atom. The van der Waals surface area contributed by atoms with Crippen molar-refractivity contribution in [1.29, 1.82) is 0 Å². The van der Waals surface area contributed by atoms with Gasteiger partial charge in [-0.1, -0.05) is 19.9 Å². The number of carbonyl (C=O) groups excluding carboxylic acids is 1.